The van der Waals surface area contributed by atoms with E-state index in [9.17, 15) is 15.2 Å². The summed E-state index contributed by atoms with van der Waals surface area (Å²) >= 11 is 0. The molecule has 1 atom stereocenters. The Morgan fingerprint density at radius 1 is 1.13 bits per heavy atom. The van der Waals surface area contributed by atoms with Crippen molar-refractivity contribution in [1.29, 1.82) is 5.26 Å². The SMILES string of the molecule is CC(c1ccc2ccc(O[C@H]3CC[C@@H](C)CC3)c(C#N)c2c1)N1CCC(C(=O)O)CC1. The zero-order valence-electron chi connectivity index (χ0n) is 18.5. The first-order valence-electron chi connectivity index (χ1n) is 11.6. The van der Waals surface area contributed by atoms with E-state index in [1.54, 1.807) is 0 Å². The highest BCUT2D eigenvalue weighted by molar-refractivity contribution is 5.90. The number of rotatable bonds is 5. The van der Waals surface area contributed by atoms with Crippen LogP contribution in [0, 0.1) is 23.2 Å². The molecule has 0 aromatic heterocycles. The Balaban J connectivity index is 1.56. The molecule has 2 aromatic rings. The van der Waals surface area contributed by atoms with Gasteiger partial charge >= 0.3 is 5.97 Å². The highest BCUT2D eigenvalue weighted by Crippen LogP contribution is 2.34. The van der Waals surface area contributed by atoms with Crippen molar-refractivity contribution in [3.05, 3.63) is 41.5 Å². The highest BCUT2D eigenvalue weighted by atomic mass is 16.5. The Morgan fingerprint density at radius 2 is 1.81 bits per heavy atom. The number of hydrogen-bond acceptors (Lipinski definition) is 4. The monoisotopic (exact) mass is 420 g/mol. The van der Waals surface area contributed by atoms with E-state index in [-0.39, 0.29) is 18.1 Å². The van der Waals surface area contributed by atoms with Gasteiger partial charge in [-0.15, -0.1) is 0 Å². The molecule has 0 amide bonds. The van der Waals surface area contributed by atoms with Gasteiger partial charge in [0.15, 0.2) is 0 Å². The van der Waals surface area contributed by atoms with Crippen molar-refractivity contribution >= 4 is 16.7 Å². The zero-order valence-corrected chi connectivity index (χ0v) is 18.5. The molecule has 5 heteroatoms. The number of nitrogens with zero attached hydrogens (tertiary/aromatic N) is 2. The normalized spacial score (nSPS) is 23.9. The lowest BCUT2D eigenvalue weighted by Crippen LogP contribution is -2.37. The first-order chi connectivity index (χ1) is 15.0. The molecule has 5 nitrogen and oxygen atoms in total. The van der Waals surface area contributed by atoms with E-state index in [0.717, 1.165) is 48.2 Å². The Bertz CT molecular complexity index is 980. The third-order valence-corrected chi connectivity index (χ3v) is 7.28. The van der Waals surface area contributed by atoms with E-state index >= 15 is 0 Å². The van der Waals surface area contributed by atoms with Gasteiger partial charge in [0.1, 0.15) is 17.4 Å². The summed E-state index contributed by atoms with van der Waals surface area (Å²) in [5.41, 5.74) is 1.77. The molecule has 1 N–H and O–H groups in total. The number of piperidine rings is 1. The smallest absolute Gasteiger partial charge is 0.306 e. The van der Waals surface area contributed by atoms with Gasteiger partial charge in [-0.05, 0) is 87.5 Å². The van der Waals surface area contributed by atoms with Crippen molar-refractivity contribution in [3.63, 3.8) is 0 Å². The molecule has 1 saturated heterocycles. The van der Waals surface area contributed by atoms with Crippen LogP contribution in [0.25, 0.3) is 10.8 Å². The largest absolute Gasteiger partial charge is 0.489 e. The molecular weight excluding hydrogens is 388 g/mol. The summed E-state index contributed by atoms with van der Waals surface area (Å²) in [7, 11) is 0. The fourth-order valence-corrected chi connectivity index (χ4v) is 5.06. The van der Waals surface area contributed by atoms with E-state index in [4.69, 9.17) is 4.74 Å². The minimum atomic E-state index is -0.684. The maximum atomic E-state index is 11.2. The summed E-state index contributed by atoms with van der Waals surface area (Å²) in [5.74, 6) is 0.544. The van der Waals surface area contributed by atoms with Crippen molar-refractivity contribution < 1.29 is 14.6 Å². The quantitative estimate of drug-likeness (QED) is 0.689. The van der Waals surface area contributed by atoms with Gasteiger partial charge in [0.25, 0.3) is 0 Å². The molecule has 164 valence electrons. The average molecular weight is 421 g/mol. The van der Waals surface area contributed by atoms with Gasteiger partial charge in [-0.25, -0.2) is 0 Å². The third kappa shape index (κ3) is 4.70. The minimum Gasteiger partial charge on any atom is -0.489 e. The van der Waals surface area contributed by atoms with Crippen LogP contribution in [0.5, 0.6) is 5.75 Å². The van der Waals surface area contributed by atoms with Crippen LogP contribution >= 0.6 is 0 Å². The van der Waals surface area contributed by atoms with Gasteiger partial charge in [-0.3, -0.25) is 9.69 Å². The van der Waals surface area contributed by atoms with Gasteiger partial charge < -0.3 is 9.84 Å². The van der Waals surface area contributed by atoms with E-state index in [1.165, 1.54) is 12.8 Å². The average Bonchev–Trinajstić information content (AvgIpc) is 2.79. The summed E-state index contributed by atoms with van der Waals surface area (Å²) in [6.07, 6.45) is 6.03. The zero-order chi connectivity index (χ0) is 22.0. The topological polar surface area (TPSA) is 73.6 Å². The lowest BCUT2D eigenvalue weighted by atomic mass is 9.89. The van der Waals surface area contributed by atoms with Crippen LogP contribution in [-0.2, 0) is 4.79 Å². The van der Waals surface area contributed by atoms with Crippen molar-refractivity contribution in [1.82, 2.24) is 4.90 Å². The van der Waals surface area contributed by atoms with Crippen molar-refractivity contribution in [2.45, 2.75) is 64.5 Å². The van der Waals surface area contributed by atoms with Gasteiger partial charge in [0.2, 0.25) is 0 Å². The summed E-state index contributed by atoms with van der Waals surface area (Å²) in [6.45, 7) is 6.02. The molecule has 2 fully saturated rings. The Hall–Kier alpha value is -2.58. The number of nitriles is 1. The molecule has 31 heavy (non-hydrogen) atoms. The molecule has 1 aliphatic heterocycles. The highest BCUT2D eigenvalue weighted by Gasteiger charge is 2.28. The first kappa shape index (κ1) is 21.6. The van der Waals surface area contributed by atoms with Crippen LogP contribution in [0.4, 0.5) is 0 Å². The first-order valence-corrected chi connectivity index (χ1v) is 11.6. The number of ether oxygens (including phenoxy) is 1. The number of fused-ring (bicyclic) bond motifs is 1. The number of likely N-dealkylation sites (tertiary alicyclic amines) is 1. The van der Waals surface area contributed by atoms with Gasteiger partial charge in [-0.2, -0.15) is 5.26 Å². The van der Waals surface area contributed by atoms with Crippen molar-refractivity contribution in [2.75, 3.05) is 13.1 Å². The van der Waals surface area contributed by atoms with Crippen molar-refractivity contribution in [3.8, 4) is 11.8 Å². The molecule has 0 radical (unpaired) electrons. The maximum Gasteiger partial charge on any atom is 0.306 e. The lowest BCUT2D eigenvalue weighted by Gasteiger charge is -2.35. The van der Waals surface area contributed by atoms with Crippen LogP contribution in [0.1, 0.15) is 69.5 Å². The van der Waals surface area contributed by atoms with Crippen LogP contribution in [0.2, 0.25) is 0 Å². The second-order valence-corrected chi connectivity index (χ2v) is 9.36. The van der Waals surface area contributed by atoms with E-state index in [0.29, 0.717) is 24.2 Å². The lowest BCUT2D eigenvalue weighted by molar-refractivity contribution is -0.143. The molecule has 1 saturated carbocycles. The van der Waals surface area contributed by atoms with Gasteiger partial charge in [0.05, 0.1) is 12.0 Å². The summed E-state index contributed by atoms with van der Waals surface area (Å²) < 4.78 is 6.30. The number of benzene rings is 2. The van der Waals surface area contributed by atoms with Gasteiger partial charge in [-0.1, -0.05) is 25.1 Å². The molecule has 1 heterocycles. The van der Waals surface area contributed by atoms with Crippen LogP contribution in [0.15, 0.2) is 30.3 Å². The molecule has 2 aromatic carbocycles. The number of aliphatic carboxylic acids is 1. The maximum absolute atomic E-state index is 11.2. The molecule has 1 aliphatic carbocycles. The molecule has 0 bridgehead atoms. The predicted octanol–water partition coefficient (Wildman–Crippen LogP) is 5.53. The Kier molecular flexibility index (Phi) is 6.48. The van der Waals surface area contributed by atoms with E-state index in [2.05, 4.69) is 43.0 Å². The second kappa shape index (κ2) is 9.28. The molecule has 1 unspecified atom stereocenters. The predicted molar refractivity (Wildman–Crippen MR) is 121 cm³/mol. The Labute approximate surface area is 184 Å². The van der Waals surface area contributed by atoms with Gasteiger partial charge in [0, 0.05) is 11.4 Å². The summed E-state index contributed by atoms with van der Waals surface area (Å²) in [5, 5.41) is 21.2. The van der Waals surface area contributed by atoms with E-state index in [1.807, 2.05) is 12.1 Å². The number of carboxylic acid groups (broad SMARTS) is 1. The summed E-state index contributed by atoms with van der Waals surface area (Å²) in [4.78, 5) is 13.6. The molecule has 2 aliphatic rings. The standard InChI is InChI=1S/C26H32N2O3/c1-17-3-8-22(9-4-17)31-25-10-7-19-5-6-21(15-23(19)24(25)16-27)18(2)28-13-11-20(12-14-28)26(29)30/h5-7,10,15,17-18,20,22H,3-4,8-9,11-14H2,1-2H3,(H,29,30)/t17-,18?,22+. The minimum absolute atomic E-state index is 0.176. The summed E-state index contributed by atoms with van der Waals surface area (Å²) in [6, 6.07) is 12.9. The second-order valence-electron chi connectivity index (χ2n) is 9.36. The van der Waals surface area contributed by atoms with Crippen LogP contribution < -0.4 is 4.74 Å². The van der Waals surface area contributed by atoms with E-state index < -0.39 is 5.97 Å². The van der Waals surface area contributed by atoms with Crippen molar-refractivity contribution in [2.24, 2.45) is 11.8 Å². The molecule has 0 spiro atoms. The van der Waals surface area contributed by atoms with Crippen LogP contribution in [-0.4, -0.2) is 35.2 Å². The third-order valence-electron chi connectivity index (χ3n) is 7.28. The number of carboxylic acids is 1. The fraction of sp³-hybridized carbons (Fsp3) is 0.538. The number of hydrogen-bond donors (Lipinski definition) is 1. The fourth-order valence-electron chi connectivity index (χ4n) is 5.06. The number of carbonyl (C=O) groups is 1. The van der Waals surface area contributed by atoms with Crippen LogP contribution in [0.3, 0.4) is 0 Å². The Morgan fingerprint density at radius 3 is 2.45 bits per heavy atom. The molecule has 4 rings (SSSR count). The molecular formula is C26H32N2O3.